The maximum absolute atomic E-state index is 12.0. The van der Waals surface area contributed by atoms with E-state index in [9.17, 15) is 14.4 Å². The Morgan fingerprint density at radius 1 is 1.38 bits per heavy atom. The van der Waals surface area contributed by atoms with Crippen LogP contribution in [0.3, 0.4) is 0 Å². The van der Waals surface area contributed by atoms with Crippen LogP contribution in [0.15, 0.2) is 12.7 Å². The molecule has 0 saturated carbocycles. The zero-order valence-corrected chi connectivity index (χ0v) is 12.1. The Hall–Kier alpha value is -2.09. The van der Waals surface area contributed by atoms with Crippen molar-refractivity contribution in [2.75, 3.05) is 26.8 Å². The minimum atomic E-state index is -1.20. The van der Waals surface area contributed by atoms with E-state index in [1.165, 1.54) is 18.1 Å². The lowest BCUT2D eigenvalue weighted by molar-refractivity contribution is -0.140. The van der Waals surface area contributed by atoms with Gasteiger partial charge < -0.3 is 25.2 Å². The number of carboxylic acid groups (broad SMARTS) is 2. The standard InChI is InChI=1S/C13H22N2O6/c1-3-7-15(8-9-21-2)13(20)14-10(12(18)19)5-4-6-11(16)17/h3,10H,1,4-9H2,2H3,(H,14,20)(H,16,17)(H,18,19)/t10-/m1/s1. The van der Waals surface area contributed by atoms with Gasteiger partial charge in [-0.1, -0.05) is 6.08 Å². The number of hydrogen-bond donors (Lipinski definition) is 3. The second-order valence-corrected chi connectivity index (χ2v) is 4.35. The van der Waals surface area contributed by atoms with Gasteiger partial charge >= 0.3 is 18.0 Å². The van der Waals surface area contributed by atoms with E-state index in [1.54, 1.807) is 0 Å². The maximum atomic E-state index is 12.0. The molecular formula is C13H22N2O6. The van der Waals surface area contributed by atoms with Gasteiger partial charge in [-0.15, -0.1) is 6.58 Å². The molecule has 0 saturated heterocycles. The lowest BCUT2D eigenvalue weighted by atomic mass is 10.1. The summed E-state index contributed by atoms with van der Waals surface area (Å²) >= 11 is 0. The number of carbonyl (C=O) groups is 3. The van der Waals surface area contributed by atoms with Crippen molar-refractivity contribution in [1.29, 1.82) is 0 Å². The van der Waals surface area contributed by atoms with Gasteiger partial charge in [-0.2, -0.15) is 0 Å². The summed E-state index contributed by atoms with van der Waals surface area (Å²) in [5.74, 6) is -2.20. The van der Waals surface area contributed by atoms with Crippen molar-refractivity contribution >= 4 is 18.0 Å². The fraction of sp³-hybridized carbons (Fsp3) is 0.615. The van der Waals surface area contributed by atoms with Crippen molar-refractivity contribution in [3.63, 3.8) is 0 Å². The number of carbonyl (C=O) groups excluding carboxylic acids is 1. The zero-order chi connectivity index (χ0) is 16.3. The second kappa shape index (κ2) is 10.7. The zero-order valence-electron chi connectivity index (χ0n) is 12.1. The molecule has 3 N–H and O–H groups in total. The predicted octanol–water partition coefficient (Wildman–Crippen LogP) is 0.539. The van der Waals surface area contributed by atoms with E-state index in [0.29, 0.717) is 13.2 Å². The lowest BCUT2D eigenvalue weighted by Gasteiger charge is -2.23. The van der Waals surface area contributed by atoms with Crippen molar-refractivity contribution in [3.8, 4) is 0 Å². The molecule has 0 aromatic rings. The number of urea groups is 1. The highest BCUT2D eigenvalue weighted by Gasteiger charge is 2.22. The smallest absolute Gasteiger partial charge is 0.326 e. The van der Waals surface area contributed by atoms with Crippen molar-refractivity contribution in [1.82, 2.24) is 10.2 Å². The van der Waals surface area contributed by atoms with Crippen LogP contribution in [0.25, 0.3) is 0 Å². The van der Waals surface area contributed by atoms with Crippen LogP contribution in [0.5, 0.6) is 0 Å². The number of carboxylic acids is 2. The van der Waals surface area contributed by atoms with E-state index >= 15 is 0 Å². The van der Waals surface area contributed by atoms with Crippen LogP contribution in [0.1, 0.15) is 19.3 Å². The van der Waals surface area contributed by atoms with Crippen LogP contribution in [0.4, 0.5) is 4.79 Å². The summed E-state index contributed by atoms with van der Waals surface area (Å²) in [6.07, 6.45) is 1.61. The molecule has 8 nitrogen and oxygen atoms in total. The number of ether oxygens (including phenoxy) is 1. The molecule has 0 unspecified atom stereocenters. The van der Waals surface area contributed by atoms with E-state index in [1.807, 2.05) is 0 Å². The highest BCUT2D eigenvalue weighted by molar-refractivity contribution is 5.82. The number of methoxy groups -OCH3 is 1. The van der Waals surface area contributed by atoms with Crippen molar-refractivity contribution in [2.45, 2.75) is 25.3 Å². The van der Waals surface area contributed by atoms with E-state index in [0.717, 1.165) is 0 Å². The first-order valence-electron chi connectivity index (χ1n) is 6.52. The van der Waals surface area contributed by atoms with Gasteiger partial charge in [0, 0.05) is 26.6 Å². The SMILES string of the molecule is C=CCN(CCOC)C(=O)N[C@H](CCCC(=O)O)C(=O)O. The fourth-order valence-corrected chi connectivity index (χ4v) is 1.59. The molecule has 0 rings (SSSR count). The molecule has 0 spiro atoms. The summed E-state index contributed by atoms with van der Waals surface area (Å²) < 4.78 is 4.87. The molecule has 0 aliphatic carbocycles. The lowest BCUT2D eigenvalue weighted by Crippen LogP contribution is -2.48. The van der Waals surface area contributed by atoms with Crippen molar-refractivity contribution in [3.05, 3.63) is 12.7 Å². The summed E-state index contributed by atoms with van der Waals surface area (Å²) in [7, 11) is 1.50. The average molecular weight is 302 g/mol. The first-order valence-corrected chi connectivity index (χ1v) is 6.52. The molecule has 1 atom stereocenters. The molecule has 2 amide bonds. The summed E-state index contributed by atoms with van der Waals surface area (Å²) in [4.78, 5) is 34.8. The molecular weight excluding hydrogens is 280 g/mol. The maximum Gasteiger partial charge on any atom is 0.326 e. The van der Waals surface area contributed by atoms with E-state index in [2.05, 4.69) is 11.9 Å². The molecule has 0 aromatic heterocycles. The number of hydrogen-bond acceptors (Lipinski definition) is 4. The molecule has 0 aliphatic rings. The molecule has 0 heterocycles. The van der Waals surface area contributed by atoms with E-state index < -0.39 is 24.0 Å². The van der Waals surface area contributed by atoms with Gasteiger partial charge in [0.05, 0.1) is 6.61 Å². The Labute approximate surface area is 123 Å². The topological polar surface area (TPSA) is 116 Å². The van der Waals surface area contributed by atoms with Crippen LogP contribution in [0, 0.1) is 0 Å². The molecule has 21 heavy (non-hydrogen) atoms. The van der Waals surface area contributed by atoms with E-state index in [-0.39, 0.29) is 25.8 Å². The molecule has 0 radical (unpaired) electrons. The predicted molar refractivity (Wildman–Crippen MR) is 75.1 cm³/mol. The largest absolute Gasteiger partial charge is 0.481 e. The molecule has 0 fully saturated rings. The Kier molecular flexibility index (Phi) is 9.61. The summed E-state index contributed by atoms with van der Waals surface area (Å²) in [5.41, 5.74) is 0. The van der Waals surface area contributed by atoms with Crippen LogP contribution in [0.2, 0.25) is 0 Å². The van der Waals surface area contributed by atoms with Crippen molar-refractivity contribution < 1.29 is 29.3 Å². The highest BCUT2D eigenvalue weighted by Crippen LogP contribution is 2.03. The molecule has 0 aliphatic heterocycles. The third-order valence-electron chi connectivity index (χ3n) is 2.68. The monoisotopic (exact) mass is 302 g/mol. The van der Waals surface area contributed by atoms with Crippen LogP contribution >= 0.6 is 0 Å². The molecule has 0 bridgehead atoms. The van der Waals surface area contributed by atoms with Gasteiger partial charge in [0.25, 0.3) is 0 Å². The quantitative estimate of drug-likeness (QED) is 0.480. The summed E-state index contributed by atoms with van der Waals surface area (Å²) in [5, 5.41) is 20.0. The van der Waals surface area contributed by atoms with Gasteiger partial charge in [-0.05, 0) is 12.8 Å². The first kappa shape index (κ1) is 18.9. The normalized spacial score (nSPS) is 11.5. The number of nitrogens with zero attached hydrogens (tertiary/aromatic N) is 1. The Morgan fingerprint density at radius 3 is 2.52 bits per heavy atom. The third-order valence-corrected chi connectivity index (χ3v) is 2.68. The Bertz CT molecular complexity index is 372. The molecule has 0 aromatic carbocycles. The molecule has 8 heteroatoms. The fourth-order valence-electron chi connectivity index (χ4n) is 1.59. The number of amides is 2. The van der Waals surface area contributed by atoms with Gasteiger partial charge in [-0.3, -0.25) is 4.79 Å². The van der Waals surface area contributed by atoms with Gasteiger partial charge in [-0.25, -0.2) is 9.59 Å². The van der Waals surface area contributed by atoms with Crippen LogP contribution < -0.4 is 5.32 Å². The summed E-state index contributed by atoms with van der Waals surface area (Å²) in [6, 6.07) is -1.67. The minimum Gasteiger partial charge on any atom is -0.481 e. The highest BCUT2D eigenvalue weighted by atomic mass is 16.5. The van der Waals surface area contributed by atoms with Gasteiger partial charge in [0.2, 0.25) is 0 Å². The average Bonchev–Trinajstić information content (AvgIpc) is 2.41. The van der Waals surface area contributed by atoms with Crippen molar-refractivity contribution in [2.24, 2.45) is 0 Å². The first-order chi connectivity index (χ1) is 9.92. The second-order valence-electron chi connectivity index (χ2n) is 4.35. The Balaban J connectivity index is 4.50. The third kappa shape index (κ3) is 8.64. The Morgan fingerprint density at radius 2 is 2.05 bits per heavy atom. The van der Waals surface area contributed by atoms with Crippen LogP contribution in [-0.4, -0.2) is 65.9 Å². The van der Waals surface area contributed by atoms with Gasteiger partial charge in [0.1, 0.15) is 6.04 Å². The minimum absolute atomic E-state index is 0.0551. The van der Waals surface area contributed by atoms with Crippen LogP contribution in [-0.2, 0) is 14.3 Å². The number of aliphatic carboxylic acids is 2. The number of nitrogens with one attached hydrogen (secondary N) is 1. The summed E-state index contributed by atoms with van der Waals surface area (Å²) in [6.45, 7) is 4.41. The molecule has 120 valence electrons. The number of rotatable bonds is 11. The van der Waals surface area contributed by atoms with E-state index in [4.69, 9.17) is 14.9 Å². The van der Waals surface area contributed by atoms with Gasteiger partial charge in [0.15, 0.2) is 0 Å².